The van der Waals surface area contributed by atoms with Gasteiger partial charge in [-0.1, -0.05) is 6.42 Å². The van der Waals surface area contributed by atoms with Gasteiger partial charge in [0.15, 0.2) is 0 Å². The Morgan fingerprint density at radius 2 is 2.11 bits per heavy atom. The Bertz CT molecular complexity index is 415. The third-order valence-electron chi connectivity index (χ3n) is 2.36. The zero-order valence-electron chi connectivity index (χ0n) is 9.73. The van der Waals surface area contributed by atoms with Crippen molar-refractivity contribution in [2.75, 3.05) is 6.54 Å². The molecule has 1 aromatic rings. The van der Waals surface area contributed by atoms with Crippen molar-refractivity contribution in [1.82, 2.24) is 0 Å². The minimum absolute atomic E-state index is 0.0233. The lowest BCUT2D eigenvalue weighted by molar-refractivity contribution is -0.136. The first-order valence-corrected chi connectivity index (χ1v) is 6.47. The van der Waals surface area contributed by atoms with Crippen molar-refractivity contribution < 1.29 is 18.7 Å². The summed E-state index contributed by atoms with van der Waals surface area (Å²) in [4.78, 5) is 11.0. The zero-order valence-corrected chi connectivity index (χ0v) is 10.6. The molecule has 1 rings (SSSR count). The van der Waals surface area contributed by atoms with Gasteiger partial charge >= 0.3 is 5.97 Å². The minimum Gasteiger partial charge on any atom is -0.480 e. The predicted octanol–water partition coefficient (Wildman–Crippen LogP) is 2.64. The van der Waals surface area contributed by atoms with Crippen LogP contribution in [0.2, 0.25) is 0 Å². The highest BCUT2D eigenvalue weighted by molar-refractivity contribution is 8.00. The van der Waals surface area contributed by atoms with Gasteiger partial charge in [-0.25, -0.2) is 8.78 Å². The number of hydrogen-bond acceptors (Lipinski definition) is 3. The van der Waals surface area contributed by atoms with Crippen molar-refractivity contribution in [2.45, 2.75) is 29.4 Å². The first-order chi connectivity index (χ1) is 8.54. The fourth-order valence-electron chi connectivity index (χ4n) is 1.43. The summed E-state index contributed by atoms with van der Waals surface area (Å²) in [6, 6.07) is 3.01. The van der Waals surface area contributed by atoms with Crippen molar-refractivity contribution in [3.05, 3.63) is 29.8 Å². The molecule has 1 aromatic carbocycles. The normalized spacial score (nSPS) is 12.4. The van der Waals surface area contributed by atoms with Crippen molar-refractivity contribution in [2.24, 2.45) is 5.73 Å². The molecule has 0 saturated heterocycles. The molecule has 0 aliphatic rings. The van der Waals surface area contributed by atoms with E-state index in [0.29, 0.717) is 19.4 Å². The van der Waals surface area contributed by atoms with Crippen LogP contribution in [0.25, 0.3) is 0 Å². The molecule has 0 fully saturated rings. The maximum Gasteiger partial charge on any atom is 0.316 e. The van der Waals surface area contributed by atoms with Crippen molar-refractivity contribution in [1.29, 1.82) is 0 Å². The van der Waals surface area contributed by atoms with Crippen LogP contribution in [0.4, 0.5) is 8.78 Å². The summed E-state index contributed by atoms with van der Waals surface area (Å²) >= 11 is 0.833. The lowest BCUT2D eigenvalue weighted by atomic mass is 10.2. The number of nitrogens with two attached hydrogens (primary N) is 1. The summed E-state index contributed by atoms with van der Waals surface area (Å²) in [6.07, 6.45) is 1.75. The van der Waals surface area contributed by atoms with Crippen LogP contribution in [-0.2, 0) is 4.79 Å². The van der Waals surface area contributed by atoms with E-state index in [1.54, 1.807) is 0 Å². The molecule has 6 heteroatoms. The Morgan fingerprint density at radius 1 is 1.39 bits per heavy atom. The average molecular weight is 275 g/mol. The third kappa shape index (κ3) is 4.62. The number of carboxylic acid groups (broad SMARTS) is 1. The summed E-state index contributed by atoms with van der Waals surface area (Å²) in [5, 5.41) is 8.24. The third-order valence-corrected chi connectivity index (χ3v) is 3.65. The first-order valence-electron chi connectivity index (χ1n) is 5.59. The molecule has 18 heavy (non-hydrogen) atoms. The molecule has 0 aliphatic carbocycles. The maximum atomic E-state index is 13.4. The van der Waals surface area contributed by atoms with E-state index >= 15 is 0 Å². The Labute approximate surface area is 108 Å². The first kappa shape index (κ1) is 14.9. The highest BCUT2D eigenvalue weighted by atomic mass is 32.2. The van der Waals surface area contributed by atoms with Gasteiger partial charge in [-0.2, -0.15) is 0 Å². The number of rotatable bonds is 7. The SMILES string of the molecule is NCCCCC(Sc1cc(F)ccc1F)C(=O)O. The van der Waals surface area contributed by atoms with E-state index in [1.165, 1.54) is 0 Å². The summed E-state index contributed by atoms with van der Waals surface area (Å²) in [5.41, 5.74) is 5.32. The van der Waals surface area contributed by atoms with E-state index < -0.39 is 22.9 Å². The highest BCUT2D eigenvalue weighted by Crippen LogP contribution is 2.29. The molecule has 1 atom stereocenters. The van der Waals surface area contributed by atoms with E-state index in [4.69, 9.17) is 10.8 Å². The smallest absolute Gasteiger partial charge is 0.316 e. The van der Waals surface area contributed by atoms with Gasteiger partial charge in [0, 0.05) is 4.90 Å². The zero-order chi connectivity index (χ0) is 13.5. The number of benzene rings is 1. The molecule has 0 aliphatic heterocycles. The fraction of sp³-hybridized carbons (Fsp3) is 0.417. The standard InChI is InChI=1S/C12H15F2NO2S/c13-8-4-5-9(14)11(7-8)18-10(12(16)17)3-1-2-6-15/h4-5,7,10H,1-3,6,15H2,(H,16,17). The molecular weight excluding hydrogens is 260 g/mol. The molecule has 100 valence electrons. The fourth-order valence-corrected chi connectivity index (χ4v) is 2.48. The molecule has 3 N–H and O–H groups in total. The molecule has 0 bridgehead atoms. The Hall–Kier alpha value is -1.14. The molecule has 0 heterocycles. The summed E-state index contributed by atoms with van der Waals surface area (Å²) in [6.45, 7) is 0.491. The van der Waals surface area contributed by atoms with Crippen molar-refractivity contribution in [3.8, 4) is 0 Å². The molecule has 0 spiro atoms. The van der Waals surface area contributed by atoms with E-state index in [9.17, 15) is 13.6 Å². The highest BCUT2D eigenvalue weighted by Gasteiger charge is 2.20. The Morgan fingerprint density at radius 3 is 2.72 bits per heavy atom. The van der Waals surface area contributed by atoms with Gasteiger partial charge in [-0.15, -0.1) is 11.8 Å². The molecular formula is C12H15F2NO2S. The quantitative estimate of drug-likeness (QED) is 0.593. The molecule has 0 amide bonds. The number of hydrogen-bond donors (Lipinski definition) is 2. The lowest BCUT2D eigenvalue weighted by Gasteiger charge is -2.12. The molecule has 0 radical (unpaired) electrons. The predicted molar refractivity (Wildman–Crippen MR) is 66.5 cm³/mol. The second-order valence-electron chi connectivity index (χ2n) is 3.80. The summed E-state index contributed by atoms with van der Waals surface area (Å²) in [7, 11) is 0. The van der Waals surface area contributed by atoms with Crippen LogP contribution < -0.4 is 5.73 Å². The van der Waals surface area contributed by atoms with Crippen LogP contribution in [-0.4, -0.2) is 22.9 Å². The summed E-state index contributed by atoms with van der Waals surface area (Å²) < 4.78 is 26.3. The van der Waals surface area contributed by atoms with Gasteiger partial charge in [0.2, 0.25) is 0 Å². The van der Waals surface area contributed by atoms with Crippen LogP contribution >= 0.6 is 11.8 Å². The molecule has 0 saturated carbocycles. The van der Waals surface area contributed by atoms with Crippen LogP contribution in [0.5, 0.6) is 0 Å². The van der Waals surface area contributed by atoms with E-state index in [0.717, 1.165) is 36.4 Å². The van der Waals surface area contributed by atoms with E-state index in [1.807, 2.05) is 0 Å². The second kappa shape index (κ2) is 7.33. The van der Waals surface area contributed by atoms with E-state index in [-0.39, 0.29) is 4.90 Å². The van der Waals surface area contributed by atoms with E-state index in [2.05, 4.69) is 0 Å². The Kier molecular flexibility index (Phi) is 6.07. The van der Waals surface area contributed by atoms with Gasteiger partial charge in [-0.3, -0.25) is 4.79 Å². The molecule has 3 nitrogen and oxygen atoms in total. The largest absolute Gasteiger partial charge is 0.480 e. The van der Waals surface area contributed by atoms with Gasteiger partial charge in [0.1, 0.15) is 16.9 Å². The summed E-state index contributed by atoms with van der Waals surface area (Å²) in [5.74, 6) is -2.21. The van der Waals surface area contributed by atoms with Gasteiger partial charge < -0.3 is 10.8 Å². The number of carboxylic acids is 1. The van der Waals surface area contributed by atoms with Crippen LogP contribution in [0.3, 0.4) is 0 Å². The number of carbonyl (C=O) groups is 1. The number of halogens is 2. The maximum absolute atomic E-state index is 13.4. The van der Waals surface area contributed by atoms with Crippen molar-refractivity contribution >= 4 is 17.7 Å². The number of unbranched alkanes of at least 4 members (excludes halogenated alkanes) is 1. The van der Waals surface area contributed by atoms with Gasteiger partial charge in [-0.05, 0) is 37.6 Å². The number of aliphatic carboxylic acids is 1. The van der Waals surface area contributed by atoms with Gasteiger partial charge in [0.25, 0.3) is 0 Å². The molecule has 0 aromatic heterocycles. The lowest BCUT2D eigenvalue weighted by Crippen LogP contribution is -2.17. The Balaban J connectivity index is 2.70. The second-order valence-corrected chi connectivity index (χ2v) is 5.05. The monoisotopic (exact) mass is 275 g/mol. The van der Waals surface area contributed by atoms with Gasteiger partial charge in [0.05, 0.1) is 0 Å². The topological polar surface area (TPSA) is 63.3 Å². The van der Waals surface area contributed by atoms with Crippen LogP contribution in [0, 0.1) is 11.6 Å². The van der Waals surface area contributed by atoms with Crippen LogP contribution in [0.15, 0.2) is 23.1 Å². The number of thioether (sulfide) groups is 1. The van der Waals surface area contributed by atoms with Crippen molar-refractivity contribution in [3.63, 3.8) is 0 Å². The average Bonchev–Trinajstić information content (AvgIpc) is 2.32. The minimum atomic E-state index is -1.03. The molecule has 1 unspecified atom stereocenters. The van der Waals surface area contributed by atoms with Crippen LogP contribution in [0.1, 0.15) is 19.3 Å².